The number of benzene rings is 1. The molecule has 1 aromatic carbocycles. The maximum absolute atomic E-state index is 14.0. The van der Waals surface area contributed by atoms with Crippen molar-refractivity contribution >= 4 is 12.0 Å². The van der Waals surface area contributed by atoms with Crippen molar-refractivity contribution in [3.05, 3.63) is 59.0 Å². The molecule has 27 heavy (non-hydrogen) atoms. The molecule has 0 radical (unpaired) electrons. The lowest BCUT2D eigenvalue weighted by Gasteiger charge is -2.29. The van der Waals surface area contributed by atoms with Gasteiger partial charge in [0.25, 0.3) is 0 Å². The van der Waals surface area contributed by atoms with E-state index in [4.69, 9.17) is 15.6 Å². The molecule has 1 aromatic heterocycles. The van der Waals surface area contributed by atoms with Crippen LogP contribution in [-0.4, -0.2) is 40.1 Å². The van der Waals surface area contributed by atoms with Gasteiger partial charge in [-0.05, 0) is 31.0 Å². The fourth-order valence-corrected chi connectivity index (χ4v) is 3.07. The van der Waals surface area contributed by atoms with E-state index in [2.05, 4.69) is 4.98 Å². The summed E-state index contributed by atoms with van der Waals surface area (Å²) in [6.45, 7) is 0.924. The van der Waals surface area contributed by atoms with Crippen LogP contribution >= 0.6 is 0 Å². The van der Waals surface area contributed by atoms with E-state index in [0.29, 0.717) is 37.4 Å². The number of ether oxygens (including phenoxy) is 1. The molecule has 142 valence electrons. The smallest absolute Gasteiger partial charge is 0.407 e. The van der Waals surface area contributed by atoms with Crippen LogP contribution in [0.15, 0.2) is 36.4 Å². The molecule has 0 aliphatic carbocycles. The van der Waals surface area contributed by atoms with Gasteiger partial charge in [0.2, 0.25) is 11.8 Å². The molecular formula is C19H20FN3O4. The van der Waals surface area contributed by atoms with Gasteiger partial charge in [-0.15, -0.1) is 0 Å². The van der Waals surface area contributed by atoms with E-state index in [1.54, 1.807) is 6.07 Å². The van der Waals surface area contributed by atoms with Crippen LogP contribution in [0.25, 0.3) is 0 Å². The summed E-state index contributed by atoms with van der Waals surface area (Å²) in [5, 5.41) is 9.02. The summed E-state index contributed by atoms with van der Waals surface area (Å²) < 4.78 is 19.6. The van der Waals surface area contributed by atoms with Crippen molar-refractivity contribution < 1.29 is 23.8 Å². The first-order valence-corrected chi connectivity index (χ1v) is 8.60. The van der Waals surface area contributed by atoms with Crippen molar-refractivity contribution in [2.75, 3.05) is 13.1 Å². The molecule has 0 atom stereocenters. The summed E-state index contributed by atoms with van der Waals surface area (Å²) in [5.41, 5.74) is 6.36. The third-order valence-electron chi connectivity index (χ3n) is 4.64. The quantitative estimate of drug-likeness (QED) is 0.838. The van der Waals surface area contributed by atoms with E-state index < -0.39 is 17.8 Å². The number of aromatic nitrogens is 1. The van der Waals surface area contributed by atoms with Gasteiger partial charge in [0, 0.05) is 41.9 Å². The number of primary amides is 1. The second-order valence-corrected chi connectivity index (χ2v) is 6.40. The molecule has 8 heteroatoms. The van der Waals surface area contributed by atoms with Gasteiger partial charge < -0.3 is 20.5 Å². The number of carbonyl (C=O) groups is 2. The standard InChI is InChI=1S/C19H20FN3O4/c20-15-10-13(18(21)24)4-5-14(15)11-27-17-3-1-2-16(22-17)12-6-8-23(9-7-12)19(25)26/h1-5,10,12H,6-9,11H2,(H2,21,24)(H,25,26). The Morgan fingerprint density at radius 2 is 2.00 bits per heavy atom. The Labute approximate surface area is 155 Å². The maximum Gasteiger partial charge on any atom is 0.407 e. The van der Waals surface area contributed by atoms with Crippen LogP contribution in [0.5, 0.6) is 5.88 Å². The average Bonchev–Trinajstić information content (AvgIpc) is 2.67. The molecule has 2 aromatic rings. The summed E-state index contributed by atoms with van der Waals surface area (Å²) in [4.78, 5) is 27.9. The van der Waals surface area contributed by atoms with Gasteiger partial charge in [-0.1, -0.05) is 12.1 Å². The van der Waals surface area contributed by atoms with Crippen LogP contribution < -0.4 is 10.5 Å². The first-order chi connectivity index (χ1) is 12.9. The number of carbonyl (C=O) groups excluding carboxylic acids is 1. The zero-order valence-electron chi connectivity index (χ0n) is 14.6. The monoisotopic (exact) mass is 373 g/mol. The molecule has 1 aliphatic heterocycles. The highest BCUT2D eigenvalue weighted by Gasteiger charge is 2.24. The number of piperidine rings is 1. The molecule has 3 rings (SSSR count). The molecular weight excluding hydrogens is 353 g/mol. The minimum Gasteiger partial charge on any atom is -0.473 e. The third-order valence-corrected chi connectivity index (χ3v) is 4.64. The van der Waals surface area contributed by atoms with Crippen LogP contribution in [-0.2, 0) is 6.61 Å². The topological polar surface area (TPSA) is 106 Å². The van der Waals surface area contributed by atoms with Gasteiger partial charge >= 0.3 is 6.09 Å². The van der Waals surface area contributed by atoms with Crippen molar-refractivity contribution in [1.29, 1.82) is 0 Å². The number of halogens is 1. The van der Waals surface area contributed by atoms with E-state index in [1.165, 1.54) is 17.0 Å². The Hall–Kier alpha value is -3.16. The van der Waals surface area contributed by atoms with Gasteiger partial charge in [0.15, 0.2) is 0 Å². The predicted octanol–water partition coefficient (Wildman–Crippen LogP) is 2.76. The zero-order valence-corrected chi connectivity index (χ0v) is 14.6. The first kappa shape index (κ1) is 18.6. The van der Waals surface area contributed by atoms with Crippen LogP contribution in [0.1, 0.15) is 40.4 Å². The molecule has 0 spiro atoms. The molecule has 3 N–H and O–H groups in total. The van der Waals surface area contributed by atoms with E-state index >= 15 is 0 Å². The van der Waals surface area contributed by atoms with E-state index in [0.717, 1.165) is 11.8 Å². The Kier molecular flexibility index (Phi) is 5.54. The van der Waals surface area contributed by atoms with Crippen LogP contribution in [0.4, 0.5) is 9.18 Å². The summed E-state index contributed by atoms with van der Waals surface area (Å²) in [5.74, 6) is -0.726. The fourth-order valence-electron chi connectivity index (χ4n) is 3.07. The van der Waals surface area contributed by atoms with Crippen molar-refractivity contribution in [1.82, 2.24) is 9.88 Å². The second-order valence-electron chi connectivity index (χ2n) is 6.40. The molecule has 1 saturated heterocycles. The highest BCUT2D eigenvalue weighted by Crippen LogP contribution is 2.28. The third kappa shape index (κ3) is 4.52. The number of rotatable bonds is 5. The number of pyridine rings is 1. The number of amides is 2. The molecule has 0 bridgehead atoms. The Morgan fingerprint density at radius 3 is 2.63 bits per heavy atom. The van der Waals surface area contributed by atoms with Gasteiger partial charge in [-0.25, -0.2) is 14.2 Å². The van der Waals surface area contributed by atoms with Gasteiger partial charge in [-0.2, -0.15) is 0 Å². The van der Waals surface area contributed by atoms with Gasteiger partial charge in [0.1, 0.15) is 12.4 Å². The number of nitrogens with two attached hydrogens (primary N) is 1. The summed E-state index contributed by atoms with van der Waals surface area (Å²) >= 11 is 0. The van der Waals surface area contributed by atoms with Crippen molar-refractivity contribution in [2.45, 2.75) is 25.4 Å². The molecule has 2 amide bonds. The van der Waals surface area contributed by atoms with Crippen LogP contribution in [0.3, 0.4) is 0 Å². The number of carboxylic acid groups (broad SMARTS) is 1. The second kappa shape index (κ2) is 8.03. The van der Waals surface area contributed by atoms with E-state index in [9.17, 15) is 14.0 Å². The Morgan fingerprint density at radius 1 is 1.26 bits per heavy atom. The maximum atomic E-state index is 14.0. The van der Waals surface area contributed by atoms with Gasteiger partial charge in [-0.3, -0.25) is 4.79 Å². The van der Waals surface area contributed by atoms with Crippen LogP contribution in [0, 0.1) is 5.82 Å². The van der Waals surface area contributed by atoms with Gasteiger partial charge in [0.05, 0.1) is 0 Å². The molecule has 2 heterocycles. The lowest BCUT2D eigenvalue weighted by molar-refractivity contribution is 0.0999. The summed E-state index contributed by atoms with van der Waals surface area (Å²) in [6, 6.07) is 9.38. The lowest BCUT2D eigenvalue weighted by Crippen LogP contribution is -2.36. The number of hydrogen-bond donors (Lipinski definition) is 2. The minimum atomic E-state index is -0.900. The largest absolute Gasteiger partial charge is 0.473 e. The SMILES string of the molecule is NC(=O)c1ccc(COc2cccc(C3CCN(C(=O)O)CC3)n2)c(F)c1. The first-order valence-electron chi connectivity index (χ1n) is 8.60. The van der Waals surface area contributed by atoms with Crippen molar-refractivity contribution in [3.8, 4) is 5.88 Å². The summed E-state index contributed by atoms with van der Waals surface area (Å²) in [6.07, 6.45) is 0.501. The Balaban J connectivity index is 1.63. The molecule has 1 fully saturated rings. The fraction of sp³-hybridized carbons (Fsp3) is 0.316. The molecule has 1 aliphatic rings. The normalized spacial score (nSPS) is 14.8. The lowest BCUT2D eigenvalue weighted by atomic mass is 9.93. The highest BCUT2D eigenvalue weighted by atomic mass is 19.1. The summed E-state index contributed by atoms with van der Waals surface area (Å²) in [7, 11) is 0. The zero-order chi connectivity index (χ0) is 19.4. The van der Waals surface area contributed by atoms with Crippen molar-refractivity contribution in [3.63, 3.8) is 0 Å². The van der Waals surface area contributed by atoms with E-state index in [1.807, 2.05) is 12.1 Å². The predicted molar refractivity (Wildman–Crippen MR) is 95.1 cm³/mol. The minimum absolute atomic E-state index is 0.0290. The van der Waals surface area contributed by atoms with Crippen LogP contribution in [0.2, 0.25) is 0 Å². The Bertz CT molecular complexity index is 851. The van der Waals surface area contributed by atoms with Crippen molar-refractivity contribution in [2.24, 2.45) is 5.73 Å². The molecule has 0 unspecified atom stereocenters. The number of likely N-dealkylation sites (tertiary alicyclic amines) is 1. The van der Waals surface area contributed by atoms with E-state index in [-0.39, 0.29) is 18.1 Å². The highest BCUT2D eigenvalue weighted by molar-refractivity contribution is 5.92. The molecule has 0 saturated carbocycles. The average molecular weight is 373 g/mol. The number of nitrogens with zero attached hydrogens (tertiary/aromatic N) is 2. The number of hydrogen-bond acceptors (Lipinski definition) is 4. The molecule has 7 nitrogen and oxygen atoms in total.